The second-order valence-corrected chi connectivity index (χ2v) is 4.39. The van der Waals surface area contributed by atoms with Crippen molar-refractivity contribution < 1.29 is 0 Å². The van der Waals surface area contributed by atoms with E-state index in [1.54, 1.807) is 0 Å². The van der Waals surface area contributed by atoms with Crippen molar-refractivity contribution >= 4 is 21.8 Å². The van der Waals surface area contributed by atoms with Gasteiger partial charge in [0, 0.05) is 17.1 Å². The van der Waals surface area contributed by atoms with E-state index in [1.807, 2.05) is 6.07 Å². The summed E-state index contributed by atoms with van der Waals surface area (Å²) in [6, 6.07) is 18.8. The van der Waals surface area contributed by atoms with Gasteiger partial charge in [-0.15, -0.1) is 0 Å². The van der Waals surface area contributed by atoms with Crippen molar-refractivity contribution in [3.8, 4) is 5.69 Å². The van der Waals surface area contributed by atoms with Crippen LogP contribution in [0.1, 0.15) is 0 Å². The maximum absolute atomic E-state index is 3.25. The lowest BCUT2D eigenvalue weighted by molar-refractivity contribution is 1.14. The van der Waals surface area contributed by atoms with Gasteiger partial charge in [-0.1, -0.05) is 36.4 Å². The predicted molar refractivity (Wildman–Crippen MR) is 74.0 cm³/mol. The number of para-hydroxylation sites is 2. The average Bonchev–Trinajstić information content (AvgIpc) is 3.01. The molecule has 4 aromatic rings. The van der Waals surface area contributed by atoms with Crippen LogP contribution in [0.5, 0.6) is 0 Å². The van der Waals surface area contributed by atoms with Gasteiger partial charge in [-0.2, -0.15) is 0 Å². The van der Waals surface area contributed by atoms with E-state index in [9.17, 15) is 0 Å². The van der Waals surface area contributed by atoms with Crippen molar-refractivity contribution in [2.24, 2.45) is 0 Å². The van der Waals surface area contributed by atoms with Crippen LogP contribution in [-0.2, 0) is 0 Å². The van der Waals surface area contributed by atoms with Crippen LogP contribution in [-0.4, -0.2) is 9.55 Å². The summed E-state index contributed by atoms with van der Waals surface area (Å²) in [6.07, 6.45) is 5.34. The highest BCUT2D eigenvalue weighted by molar-refractivity contribution is 5.91. The van der Waals surface area contributed by atoms with Gasteiger partial charge in [0.25, 0.3) is 0 Å². The molecule has 2 heteroatoms. The number of aromatic nitrogens is 2. The van der Waals surface area contributed by atoms with Crippen molar-refractivity contribution in [3.63, 3.8) is 0 Å². The summed E-state index contributed by atoms with van der Waals surface area (Å²) in [4.78, 5) is 3.20. The molecule has 1 N–H and O–H groups in total. The van der Waals surface area contributed by atoms with Crippen molar-refractivity contribution in [1.29, 1.82) is 0 Å². The number of nitrogens with one attached hydrogen (secondary N) is 1. The summed E-state index contributed by atoms with van der Waals surface area (Å²) in [5.74, 6) is 0. The number of H-pyrrole nitrogens is 1. The molecule has 2 nitrogen and oxygen atoms in total. The van der Waals surface area contributed by atoms with E-state index in [1.165, 1.54) is 16.3 Å². The number of hydrogen-bond acceptors (Lipinski definition) is 0. The summed E-state index contributed by atoms with van der Waals surface area (Å²) in [5.41, 5.74) is 3.40. The largest absolute Gasteiger partial charge is 0.351 e. The second-order valence-electron chi connectivity index (χ2n) is 4.39. The average molecular weight is 231 g/mol. The molecule has 0 saturated heterocycles. The Labute approximate surface area is 104 Å². The summed E-state index contributed by atoms with van der Waals surface area (Å²) >= 11 is 0. The monoisotopic (exact) mass is 231 g/mol. The summed E-state index contributed by atoms with van der Waals surface area (Å²) in [7, 11) is 0. The molecule has 0 amide bonds. The van der Waals surface area contributed by atoms with E-state index < -0.39 is 0 Å². The highest BCUT2D eigenvalue weighted by atomic mass is 15.0. The first kappa shape index (κ1) is 9.54. The maximum Gasteiger partial charge on any atom is 0.0897 e. The molecular weight excluding hydrogens is 220 g/mol. The van der Waals surface area contributed by atoms with Crippen molar-refractivity contribution in [3.05, 3.63) is 67.0 Å². The molecule has 1 radical (unpaired) electrons. The first-order valence-corrected chi connectivity index (χ1v) is 5.98. The van der Waals surface area contributed by atoms with Gasteiger partial charge in [0.15, 0.2) is 0 Å². The van der Waals surface area contributed by atoms with Gasteiger partial charge in [0.2, 0.25) is 0 Å². The SMILES string of the molecule is [c]1[nH]c2ccccc2c1-n1ccc2ccccc21. The highest BCUT2D eigenvalue weighted by Gasteiger charge is 2.07. The zero-order valence-electron chi connectivity index (χ0n) is 9.72. The fourth-order valence-corrected chi connectivity index (χ4v) is 2.46. The van der Waals surface area contributed by atoms with Gasteiger partial charge < -0.3 is 9.55 Å². The van der Waals surface area contributed by atoms with Crippen molar-refractivity contribution in [1.82, 2.24) is 9.55 Å². The van der Waals surface area contributed by atoms with E-state index in [0.717, 1.165) is 11.2 Å². The molecule has 2 heterocycles. The highest BCUT2D eigenvalue weighted by Crippen LogP contribution is 2.25. The third-order valence-corrected chi connectivity index (χ3v) is 3.34. The van der Waals surface area contributed by atoms with Crippen LogP contribution in [0.3, 0.4) is 0 Å². The number of fused-ring (bicyclic) bond motifs is 2. The molecule has 2 aromatic carbocycles. The Morgan fingerprint density at radius 2 is 1.72 bits per heavy atom. The van der Waals surface area contributed by atoms with Crippen LogP contribution in [0.25, 0.3) is 27.5 Å². The van der Waals surface area contributed by atoms with E-state index in [2.05, 4.69) is 70.5 Å². The van der Waals surface area contributed by atoms with Gasteiger partial charge in [-0.25, -0.2) is 0 Å². The van der Waals surface area contributed by atoms with E-state index >= 15 is 0 Å². The second kappa shape index (κ2) is 3.50. The molecular formula is C16H11N2. The first-order valence-electron chi connectivity index (χ1n) is 5.98. The zero-order chi connectivity index (χ0) is 11.9. The number of rotatable bonds is 1. The van der Waals surface area contributed by atoms with Gasteiger partial charge >= 0.3 is 0 Å². The molecule has 0 saturated carbocycles. The number of hydrogen-bond donors (Lipinski definition) is 1. The Hall–Kier alpha value is -2.48. The smallest absolute Gasteiger partial charge is 0.0897 e. The minimum atomic E-state index is 1.08. The molecule has 0 aliphatic heterocycles. The van der Waals surface area contributed by atoms with E-state index in [0.29, 0.717) is 0 Å². The maximum atomic E-state index is 3.25. The Balaban J connectivity index is 2.08. The standard InChI is InChI=1S/C16H11N2/c1-4-8-15-12(5-1)9-10-18(15)16-11-17-14-7-3-2-6-13(14)16/h1-10,17H. The Kier molecular flexibility index (Phi) is 1.86. The Bertz CT molecular complexity index is 764. The van der Waals surface area contributed by atoms with Crippen molar-refractivity contribution in [2.75, 3.05) is 0 Å². The molecule has 0 aliphatic rings. The fourth-order valence-electron chi connectivity index (χ4n) is 2.46. The molecule has 0 spiro atoms. The van der Waals surface area contributed by atoms with E-state index in [-0.39, 0.29) is 0 Å². The zero-order valence-corrected chi connectivity index (χ0v) is 9.72. The van der Waals surface area contributed by atoms with E-state index in [4.69, 9.17) is 0 Å². The number of nitrogens with zero attached hydrogens (tertiary/aromatic N) is 1. The number of benzene rings is 2. The lowest BCUT2D eigenvalue weighted by Gasteiger charge is -2.02. The topological polar surface area (TPSA) is 20.7 Å². The third-order valence-electron chi connectivity index (χ3n) is 3.34. The minimum Gasteiger partial charge on any atom is -0.351 e. The van der Waals surface area contributed by atoms with Crippen LogP contribution in [0.15, 0.2) is 60.8 Å². The molecule has 0 aliphatic carbocycles. The molecule has 0 bridgehead atoms. The van der Waals surface area contributed by atoms with Crippen LogP contribution in [0, 0.1) is 6.20 Å². The van der Waals surface area contributed by atoms with Gasteiger partial charge in [0.05, 0.1) is 17.4 Å². The Morgan fingerprint density at radius 1 is 0.889 bits per heavy atom. The van der Waals surface area contributed by atoms with Crippen molar-refractivity contribution in [2.45, 2.75) is 0 Å². The first-order chi connectivity index (χ1) is 8.93. The predicted octanol–water partition coefficient (Wildman–Crippen LogP) is 3.91. The summed E-state index contributed by atoms with van der Waals surface area (Å²) < 4.78 is 2.17. The molecule has 0 unspecified atom stereocenters. The molecule has 0 atom stereocenters. The minimum absolute atomic E-state index is 1.08. The van der Waals surface area contributed by atoms with Crippen LogP contribution in [0.2, 0.25) is 0 Å². The molecule has 18 heavy (non-hydrogen) atoms. The fraction of sp³-hybridized carbons (Fsp3) is 0. The third kappa shape index (κ3) is 1.23. The quantitative estimate of drug-likeness (QED) is 0.512. The molecule has 0 fully saturated rings. The van der Waals surface area contributed by atoms with Gasteiger partial charge in [0.1, 0.15) is 0 Å². The number of aromatic amines is 1. The Morgan fingerprint density at radius 3 is 2.72 bits per heavy atom. The summed E-state index contributed by atoms with van der Waals surface area (Å²) in [5, 5.41) is 2.44. The summed E-state index contributed by atoms with van der Waals surface area (Å²) in [6.45, 7) is 0. The van der Waals surface area contributed by atoms with Gasteiger partial charge in [-0.3, -0.25) is 0 Å². The normalized spacial score (nSPS) is 11.3. The van der Waals surface area contributed by atoms with Crippen LogP contribution >= 0.6 is 0 Å². The van der Waals surface area contributed by atoms with Gasteiger partial charge in [-0.05, 0) is 23.6 Å². The molecule has 4 rings (SSSR count). The van der Waals surface area contributed by atoms with Crippen LogP contribution < -0.4 is 0 Å². The molecule has 2 aromatic heterocycles. The van der Waals surface area contributed by atoms with Crippen LogP contribution in [0.4, 0.5) is 0 Å². The lowest BCUT2D eigenvalue weighted by Crippen LogP contribution is -1.89. The lowest BCUT2D eigenvalue weighted by atomic mass is 10.2. The molecule has 85 valence electrons.